The Morgan fingerprint density at radius 2 is 1.84 bits per heavy atom. The fourth-order valence-corrected chi connectivity index (χ4v) is 2.54. The van der Waals surface area contributed by atoms with E-state index in [2.05, 4.69) is 65.4 Å². The molecule has 104 valence electrons. The molecule has 0 bridgehead atoms. The van der Waals surface area contributed by atoms with Gasteiger partial charge in [-0.05, 0) is 54.2 Å². The molecule has 0 amide bonds. The smallest absolute Gasteiger partial charge is 0.270 e. The molecule has 1 unspecified atom stereocenters. The van der Waals surface area contributed by atoms with Gasteiger partial charge < -0.3 is 17.0 Å². The Kier molecular flexibility index (Phi) is 5.74. The number of alkyl halides is 1. The fourth-order valence-electron chi connectivity index (χ4n) is 2.33. The Morgan fingerprint density at radius 1 is 1.26 bits per heavy atom. The molecule has 0 aliphatic carbocycles. The molecule has 5 heteroatoms. The van der Waals surface area contributed by atoms with E-state index in [4.69, 9.17) is 0 Å². The molecule has 19 heavy (non-hydrogen) atoms. The number of halogens is 2. The number of aryl methyl sites for hydroxylation is 3. The van der Waals surface area contributed by atoms with Crippen LogP contribution in [0.25, 0.3) is 5.69 Å². The highest BCUT2D eigenvalue weighted by atomic mass is 79.9. The summed E-state index contributed by atoms with van der Waals surface area (Å²) in [5.41, 5.74) is 5.08. The van der Waals surface area contributed by atoms with Crippen molar-refractivity contribution in [2.75, 3.05) is 0 Å². The second-order valence-corrected chi connectivity index (χ2v) is 5.78. The van der Waals surface area contributed by atoms with E-state index in [9.17, 15) is 0 Å². The van der Waals surface area contributed by atoms with E-state index in [0.717, 1.165) is 6.42 Å². The van der Waals surface area contributed by atoms with Crippen LogP contribution in [0.3, 0.4) is 0 Å². The zero-order valence-electron chi connectivity index (χ0n) is 11.7. The molecule has 3 nitrogen and oxygen atoms in total. The van der Waals surface area contributed by atoms with Crippen LogP contribution in [-0.2, 0) is 0 Å². The van der Waals surface area contributed by atoms with E-state index in [1.807, 2.05) is 17.3 Å². The molecule has 0 spiro atoms. The van der Waals surface area contributed by atoms with E-state index in [1.165, 1.54) is 22.4 Å². The maximum Gasteiger partial charge on any atom is 0.270 e. The SMILES string of the molecule is CCC(Br)n1c[n+](-c2c(C)cc(C)cc2C)cn1.[Br-]. The molecule has 2 aromatic rings. The molecule has 1 atom stereocenters. The number of hydrogen-bond acceptors (Lipinski definition) is 1. The van der Waals surface area contributed by atoms with Gasteiger partial charge in [0.15, 0.2) is 4.95 Å². The molecular formula is C14H19Br2N3. The Balaban J connectivity index is 0.00000180. The van der Waals surface area contributed by atoms with Crippen LogP contribution in [0.1, 0.15) is 35.0 Å². The summed E-state index contributed by atoms with van der Waals surface area (Å²) in [7, 11) is 0. The third kappa shape index (κ3) is 3.45. The Labute approximate surface area is 133 Å². The minimum absolute atomic E-state index is 0. The predicted molar refractivity (Wildman–Crippen MR) is 76.2 cm³/mol. The molecule has 0 fully saturated rings. The van der Waals surface area contributed by atoms with Crippen molar-refractivity contribution in [3.63, 3.8) is 0 Å². The van der Waals surface area contributed by atoms with Crippen LogP contribution in [0.5, 0.6) is 0 Å². The lowest BCUT2D eigenvalue weighted by Crippen LogP contribution is -3.00. The first kappa shape index (κ1) is 16.4. The van der Waals surface area contributed by atoms with E-state index >= 15 is 0 Å². The number of benzene rings is 1. The maximum atomic E-state index is 4.40. The van der Waals surface area contributed by atoms with Crippen LogP contribution in [0.15, 0.2) is 24.8 Å². The molecule has 1 aromatic heterocycles. The van der Waals surface area contributed by atoms with Crippen molar-refractivity contribution in [2.45, 2.75) is 39.1 Å². The molecule has 2 rings (SSSR count). The van der Waals surface area contributed by atoms with Crippen LogP contribution in [0.4, 0.5) is 0 Å². The van der Waals surface area contributed by atoms with Gasteiger partial charge in [0.05, 0.1) is 0 Å². The molecule has 1 heterocycles. The van der Waals surface area contributed by atoms with Gasteiger partial charge in [0, 0.05) is 5.10 Å². The average Bonchev–Trinajstić information content (AvgIpc) is 2.76. The topological polar surface area (TPSA) is 21.7 Å². The Morgan fingerprint density at radius 3 is 2.37 bits per heavy atom. The molecule has 0 aliphatic heterocycles. The van der Waals surface area contributed by atoms with Crippen molar-refractivity contribution in [3.8, 4) is 5.69 Å². The summed E-state index contributed by atoms with van der Waals surface area (Å²) in [5, 5.41) is 4.40. The van der Waals surface area contributed by atoms with Crippen molar-refractivity contribution in [3.05, 3.63) is 41.5 Å². The van der Waals surface area contributed by atoms with Crippen LogP contribution < -0.4 is 21.5 Å². The molecule has 0 saturated heterocycles. The van der Waals surface area contributed by atoms with Crippen molar-refractivity contribution >= 4 is 15.9 Å². The second-order valence-electron chi connectivity index (χ2n) is 4.72. The summed E-state index contributed by atoms with van der Waals surface area (Å²) in [5.74, 6) is 0. The van der Waals surface area contributed by atoms with Gasteiger partial charge in [0.1, 0.15) is 5.69 Å². The molecule has 0 saturated carbocycles. The van der Waals surface area contributed by atoms with Gasteiger partial charge in [-0.1, -0.05) is 24.6 Å². The zero-order chi connectivity index (χ0) is 13.3. The summed E-state index contributed by atoms with van der Waals surface area (Å²) in [4.78, 5) is 0.254. The van der Waals surface area contributed by atoms with E-state index in [0.29, 0.717) is 0 Å². The minimum Gasteiger partial charge on any atom is -1.00 e. The van der Waals surface area contributed by atoms with Gasteiger partial charge in [-0.3, -0.25) is 0 Å². The van der Waals surface area contributed by atoms with Crippen LogP contribution in [0, 0.1) is 20.8 Å². The molecule has 1 aromatic carbocycles. The highest BCUT2D eigenvalue weighted by molar-refractivity contribution is 9.09. The monoisotopic (exact) mass is 387 g/mol. The van der Waals surface area contributed by atoms with Gasteiger partial charge in [-0.15, -0.1) is 4.68 Å². The van der Waals surface area contributed by atoms with Crippen molar-refractivity contribution in [1.82, 2.24) is 9.78 Å². The third-order valence-electron chi connectivity index (χ3n) is 3.07. The second kappa shape index (κ2) is 6.66. The standard InChI is InChI=1S/C14H19BrN3.BrH/c1-5-13(15)18-9-17(8-16-18)14-11(3)6-10(2)7-12(14)4;/h6-9,13H,5H2,1-4H3;1H/q+1;/p-1. The predicted octanol–water partition coefficient (Wildman–Crippen LogP) is 0.393. The van der Waals surface area contributed by atoms with Crippen LogP contribution >= 0.6 is 15.9 Å². The molecule has 0 radical (unpaired) electrons. The van der Waals surface area contributed by atoms with Crippen LogP contribution in [-0.4, -0.2) is 9.78 Å². The van der Waals surface area contributed by atoms with Crippen molar-refractivity contribution in [2.24, 2.45) is 0 Å². The average molecular weight is 389 g/mol. The number of hydrogen-bond donors (Lipinski definition) is 0. The maximum absolute atomic E-state index is 4.40. The van der Waals surface area contributed by atoms with E-state index < -0.39 is 0 Å². The van der Waals surface area contributed by atoms with Crippen molar-refractivity contribution < 1.29 is 21.5 Å². The van der Waals surface area contributed by atoms with Crippen molar-refractivity contribution in [1.29, 1.82) is 0 Å². The summed E-state index contributed by atoms with van der Waals surface area (Å²) >= 11 is 3.61. The van der Waals surface area contributed by atoms with Crippen LogP contribution in [0.2, 0.25) is 0 Å². The summed E-state index contributed by atoms with van der Waals surface area (Å²) < 4.78 is 4.03. The number of nitrogens with zero attached hydrogens (tertiary/aromatic N) is 3. The van der Waals surface area contributed by atoms with Gasteiger partial charge >= 0.3 is 0 Å². The minimum atomic E-state index is 0. The fraction of sp³-hybridized carbons (Fsp3) is 0.429. The Bertz CT molecular complexity index is 541. The summed E-state index contributed by atoms with van der Waals surface area (Å²) in [6, 6.07) is 4.41. The lowest BCUT2D eigenvalue weighted by molar-refractivity contribution is -0.597. The first-order valence-corrected chi connectivity index (χ1v) is 7.12. The Hall–Kier alpha value is -0.680. The summed E-state index contributed by atoms with van der Waals surface area (Å²) in [6.45, 7) is 8.55. The first-order valence-electron chi connectivity index (χ1n) is 6.20. The number of aromatic nitrogens is 3. The van der Waals surface area contributed by atoms with Gasteiger partial charge in [-0.2, -0.15) is 0 Å². The quantitative estimate of drug-likeness (QED) is 0.550. The lowest BCUT2D eigenvalue weighted by Gasteiger charge is -2.07. The molecular weight excluding hydrogens is 370 g/mol. The number of rotatable bonds is 3. The zero-order valence-corrected chi connectivity index (χ0v) is 14.9. The largest absolute Gasteiger partial charge is 1.00 e. The van der Waals surface area contributed by atoms with Gasteiger partial charge in [-0.25, -0.2) is 4.57 Å². The first-order chi connectivity index (χ1) is 8.52. The van der Waals surface area contributed by atoms with Gasteiger partial charge in [0.25, 0.3) is 6.33 Å². The van der Waals surface area contributed by atoms with Gasteiger partial charge in [0.2, 0.25) is 6.33 Å². The highest BCUT2D eigenvalue weighted by Crippen LogP contribution is 2.18. The van der Waals surface area contributed by atoms with E-state index in [-0.39, 0.29) is 21.9 Å². The summed E-state index contributed by atoms with van der Waals surface area (Å²) in [6.07, 6.45) is 4.91. The highest BCUT2D eigenvalue weighted by Gasteiger charge is 2.16. The normalized spacial score (nSPS) is 12.1. The lowest BCUT2D eigenvalue weighted by atomic mass is 10.1. The third-order valence-corrected chi connectivity index (χ3v) is 4.14. The molecule has 0 N–H and O–H groups in total. The molecule has 0 aliphatic rings. The van der Waals surface area contributed by atoms with E-state index in [1.54, 1.807) is 0 Å².